The molecular weight excluding hydrogens is 392 g/mol. The van der Waals surface area contributed by atoms with E-state index in [1.54, 1.807) is 26.1 Å². The summed E-state index contributed by atoms with van der Waals surface area (Å²) in [5.41, 5.74) is 1.07. The number of likely N-dealkylation sites (N-methyl/N-ethyl adjacent to an activating group) is 1. The molecule has 0 unspecified atom stereocenters. The number of aromatic nitrogens is 1. The van der Waals surface area contributed by atoms with Crippen molar-refractivity contribution in [3.8, 4) is 5.75 Å². The van der Waals surface area contributed by atoms with E-state index < -0.39 is 0 Å². The number of piperidine rings is 1. The van der Waals surface area contributed by atoms with Crippen LogP contribution in [0.5, 0.6) is 5.75 Å². The number of carbonyl (C=O) groups excluding carboxylic acids is 1. The Balaban J connectivity index is 1.59. The molecule has 31 heavy (non-hydrogen) atoms. The molecule has 1 aromatic carbocycles. The van der Waals surface area contributed by atoms with Gasteiger partial charge in [-0.25, -0.2) is 9.98 Å². The minimum absolute atomic E-state index is 0.00363. The number of hydrogen-bond acceptors (Lipinski definition) is 5. The molecule has 8 nitrogen and oxygen atoms in total. The number of benzene rings is 1. The van der Waals surface area contributed by atoms with Crippen LogP contribution in [-0.2, 0) is 11.3 Å². The Bertz CT molecular complexity index is 846. The Morgan fingerprint density at radius 2 is 1.94 bits per heavy atom. The quantitative estimate of drug-likeness (QED) is 0.522. The zero-order valence-corrected chi connectivity index (χ0v) is 18.5. The molecule has 1 fully saturated rings. The zero-order valence-electron chi connectivity index (χ0n) is 18.5. The number of amides is 1. The first kappa shape index (κ1) is 22.4. The molecule has 2 N–H and O–H groups in total. The van der Waals surface area contributed by atoms with Crippen molar-refractivity contribution in [2.75, 3.05) is 45.7 Å². The van der Waals surface area contributed by atoms with Gasteiger partial charge in [-0.15, -0.1) is 0 Å². The first-order valence-electron chi connectivity index (χ1n) is 10.6. The van der Waals surface area contributed by atoms with Crippen molar-refractivity contribution in [1.82, 2.24) is 20.5 Å². The summed E-state index contributed by atoms with van der Waals surface area (Å²) in [5, 5.41) is 6.69. The zero-order chi connectivity index (χ0) is 22.1. The molecule has 1 aliphatic rings. The maximum Gasteiger partial charge on any atom is 0.241 e. The van der Waals surface area contributed by atoms with Crippen LogP contribution in [0.2, 0.25) is 0 Å². The number of nitrogens with zero attached hydrogens (tertiary/aromatic N) is 4. The molecular formula is C23H32N6O2. The molecule has 3 rings (SSSR count). The van der Waals surface area contributed by atoms with Crippen LogP contribution in [0.4, 0.5) is 5.82 Å². The van der Waals surface area contributed by atoms with E-state index in [1.807, 2.05) is 48.7 Å². The summed E-state index contributed by atoms with van der Waals surface area (Å²) in [5.74, 6) is 2.50. The van der Waals surface area contributed by atoms with Gasteiger partial charge >= 0.3 is 0 Å². The number of methoxy groups -OCH3 is 1. The second-order valence-electron chi connectivity index (χ2n) is 7.75. The summed E-state index contributed by atoms with van der Waals surface area (Å²) in [6, 6.07) is 14.1. The lowest BCUT2D eigenvalue weighted by atomic mass is 10.1. The van der Waals surface area contributed by atoms with Crippen molar-refractivity contribution < 1.29 is 9.53 Å². The molecule has 0 bridgehead atoms. The average molecular weight is 425 g/mol. The first-order valence-corrected chi connectivity index (χ1v) is 10.6. The van der Waals surface area contributed by atoms with Crippen molar-refractivity contribution >= 4 is 17.7 Å². The van der Waals surface area contributed by atoms with Crippen LogP contribution in [0.15, 0.2) is 53.7 Å². The van der Waals surface area contributed by atoms with E-state index in [2.05, 4.69) is 20.5 Å². The molecule has 1 aliphatic heterocycles. The van der Waals surface area contributed by atoms with E-state index in [9.17, 15) is 4.79 Å². The standard InChI is InChI=1S/C23H32N6O2/c1-28(2)22(30)17-26-23(25-16-18-7-9-20(31-3)10-8-18)27-19-11-14-29(15-12-19)21-6-4-5-13-24-21/h4-10,13,19H,11-12,14-17H2,1-3H3,(H2,25,26,27). The summed E-state index contributed by atoms with van der Waals surface area (Å²) < 4.78 is 5.21. The SMILES string of the molecule is COc1ccc(CN=C(NCC(=O)N(C)C)NC2CCN(c3ccccn3)CC2)cc1. The van der Waals surface area contributed by atoms with E-state index in [0.717, 1.165) is 43.1 Å². The van der Waals surface area contributed by atoms with Gasteiger partial charge in [-0.3, -0.25) is 4.79 Å². The van der Waals surface area contributed by atoms with Crippen LogP contribution in [0.3, 0.4) is 0 Å². The second-order valence-corrected chi connectivity index (χ2v) is 7.75. The van der Waals surface area contributed by atoms with Gasteiger partial charge in [0.05, 0.1) is 20.2 Å². The minimum atomic E-state index is 0.00363. The number of pyridine rings is 1. The number of ether oxygens (including phenoxy) is 1. The van der Waals surface area contributed by atoms with E-state index in [1.165, 1.54) is 0 Å². The molecule has 1 aromatic heterocycles. The molecule has 0 saturated carbocycles. The molecule has 1 amide bonds. The Morgan fingerprint density at radius 1 is 1.19 bits per heavy atom. The monoisotopic (exact) mass is 424 g/mol. The minimum Gasteiger partial charge on any atom is -0.497 e. The summed E-state index contributed by atoms with van der Waals surface area (Å²) >= 11 is 0. The molecule has 2 heterocycles. The van der Waals surface area contributed by atoms with Crippen LogP contribution >= 0.6 is 0 Å². The van der Waals surface area contributed by atoms with E-state index in [-0.39, 0.29) is 18.5 Å². The topological polar surface area (TPSA) is 82.1 Å². The third kappa shape index (κ3) is 6.87. The summed E-state index contributed by atoms with van der Waals surface area (Å²) in [6.45, 7) is 2.57. The van der Waals surface area contributed by atoms with Crippen molar-refractivity contribution in [2.24, 2.45) is 4.99 Å². The van der Waals surface area contributed by atoms with Crippen molar-refractivity contribution in [1.29, 1.82) is 0 Å². The van der Waals surface area contributed by atoms with Crippen molar-refractivity contribution in [3.63, 3.8) is 0 Å². The van der Waals surface area contributed by atoms with Gasteiger partial charge in [0.2, 0.25) is 5.91 Å². The number of carbonyl (C=O) groups is 1. The predicted molar refractivity (Wildman–Crippen MR) is 123 cm³/mol. The molecule has 0 aliphatic carbocycles. The predicted octanol–water partition coefficient (Wildman–Crippen LogP) is 1.88. The lowest BCUT2D eigenvalue weighted by Crippen LogP contribution is -2.50. The Kier molecular flexibility index (Phi) is 8.09. The Labute approximate surface area is 184 Å². The average Bonchev–Trinajstić information content (AvgIpc) is 2.81. The number of guanidine groups is 1. The Hall–Kier alpha value is -3.29. The lowest BCUT2D eigenvalue weighted by molar-refractivity contribution is -0.127. The van der Waals surface area contributed by atoms with E-state index in [4.69, 9.17) is 9.73 Å². The summed E-state index contributed by atoms with van der Waals surface area (Å²) in [7, 11) is 5.15. The normalized spacial score (nSPS) is 14.8. The van der Waals surface area contributed by atoms with Crippen molar-refractivity contribution in [2.45, 2.75) is 25.4 Å². The fraction of sp³-hybridized carbons (Fsp3) is 0.435. The highest BCUT2D eigenvalue weighted by Gasteiger charge is 2.21. The molecule has 0 spiro atoms. The third-order valence-corrected chi connectivity index (χ3v) is 5.29. The van der Waals surface area contributed by atoms with Gasteiger partial charge in [-0.2, -0.15) is 0 Å². The summed E-state index contributed by atoms with van der Waals surface area (Å²) in [4.78, 5) is 25.1. The van der Waals surface area contributed by atoms with Gasteiger partial charge in [-0.1, -0.05) is 18.2 Å². The van der Waals surface area contributed by atoms with Gasteiger partial charge < -0.3 is 25.2 Å². The molecule has 1 saturated heterocycles. The van der Waals surface area contributed by atoms with Gasteiger partial charge in [-0.05, 0) is 42.7 Å². The highest BCUT2D eigenvalue weighted by Crippen LogP contribution is 2.17. The fourth-order valence-electron chi connectivity index (χ4n) is 3.36. The van der Waals surface area contributed by atoms with Gasteiger partial charge in [0.25, 0.3) is 0 Å². The van der Waals surface area contributed by atoms with E-state index >= 15 is 0 Å². The van der Waals surface area contributed by atoms with Crippen LogP contribution < -0.4 is 20.3 Å². The van der Waals surface area contributed by atoms with Crippen LogP contribution in [0.25, 0.3) is 0 Å². The molecule has 0 radical (unpaired) electrons. The highest BCUT2D eigenvalue weighted by molar-refractivity contribution is 5.86. The van der Waals surface area contributed by atoms with Crippen LogP contribution in [0.1, 0.15) is 18.4 Å². The molecule has 0 atom stereocenters. The summed E-state index contributed by atoms with van der Waals surface area (Å²) in [6.07, 6.45) is 3.78. The van der Waals surface area contributed by atoms with Gasteiger partial charge in [0, 0.05) is 39.4 Å². The number of anilines is 1. The fourth-order valence-corrected chi connectivity index (χ4v) is 3.36. The number of hydrogen-bond donors (Lipinski definition) is 2. The Morgan fingerprint density at radius 3 is 2.55 bits per heavy atom. The third-order valence-electron chi connectivity index (χ3n) is 5.29. The van der Waals surface area contributed by atoms with Crippen molar-refractivity contribution in [3.05, 3.63) is 54.2 Å². The largest absolute Gasteiger partial charge is 0.497 e. The van der Waals surface area contributed by atoms with E-state index in [0.29, 0.717) is 12.5 Å². The van der Waals surface area contributed by atoms with Crippen LogP contribution in [-0.4, -0.2) is 68.6 Å². The lowest BCUT2D eigenvalue weighted by Gasteiger charge is -2.33. The maximum atomic E-state index is 12.0. The molecule has 2 aromatic rings. The van der Waals surface area contributed by atoms with Crippen LogP contribution in [0, 0.1) is 0 Å². The smallest absolute Gasteiger partial charge is 0.241 e. The maximum absolute atomic E-state index is 12.0. The number of rotatable bonds is 7. The first-order chi connectivity index (χ1) is 15.0. The molecule has 8 heteroatoms. The number of aliphatic imine (C=N–C) groups is 1. The van der Waals surface area contributed by atoms with Gasteiger partial charge in [0.15, 0.2) is 5.96 Å². The second kappa shape index (κ2) is 11.2. The number of nitrogens with one attached hydrogen (secondary N) is 2. The molecule has 166 valence electrons. The van der Waals surface area contributed by atoms with Gasteiger partial charge in [0.1, 0.15) is 11.6 Å². The highest BCUT2D eigenvalue weighted by atomic mass is 16.5.